The maximum absolute atomic E-state index is 13.3. The standard InChI is InChI=1S/C17H20FNO/c1-3-17(14-5-4-6-15(18)11-14)19-12-13-7-9-16(20-2)10-8-13/h4-11,17,19H,3,12H2,1-2H3. The summed E-state index contributed by atoms with van der Waals surface area (Å²) in [5.74, 6) is 0.665. The fourth-order valence-corrected chi connectivity index (χ4v) is 2.21. The van der Waals surface area contributed by atoms with Crippen molar-refractivity contribution in [1.82, 2.24) is 5.32 Å². The van der Waals surface area contributed by atoms with E-state index in [1.807, 2.05) is 30.3 Å². The van der Waals surface area contributed by atoms with Crippen LogP contribution in [0.1, 0.15) is 30.5 Å². The van der Waals surface area contributed by atoms with E-state index in [4.69, 9.17) is 4.74 Å². The number of halogens is 1. The lowest BCUT2D eigenvalue weighted by molar-refractivity contribution is 0.414. The van der Waals surface area contributed by atoms with Crippen molar-refractivity contribution in [2.45, 2.75) is 25.9 Å². The van der Waals surface area contributed by atoms with Crippen LogP contribution in [-0.4, -0.2) is 7.11 Å². The summed E-state index contributed by atoms with van der Waals surface area (Å²) in [7, 11) is 1.66. The number of nitrogens with one attached hydrogen (secondary N) is 1. The van der Waals surface area contributed by atoms with E-state index in [1.165, 1.54) is 11.6 Å². The Labute approximate surface area is 119 Å². The molecule has 106 valence electrons. The molecule has 0 saturated heterocycles. The average Bonchev–Trinajstić information content (AvgIpc) is 2.48. The molecule has 0 amide bonds. The summed E-state index contributed by atoms with van der Waals surface area (Å²) < 4.78 is 18.4. The van der Waals surface area contributed by atoms with Crippen molar-refractivity contribution < 1.29 is 9.13 Å². The Morgan fingerprint density at radius 1 is 1.15 bits per heavy atom. The SMILES string of the molecule is CCC(NCc1ccc(OC)cc1)c1cccc(F)c1. The predicted octanol–water partition coefficient (Wildman–Crippen LogP) is 4.08. The van der Waals surface area contributed by atoms with Gasteiger partial charge in [-0.1, -0.05) is 31.2 Å². The quantitative estimate of drug-likeness (QED) is 0.856. The number of ether oxygens (including phenoxy) is 1. The monoisotopic (exact) mass is 273 g/mol. The fourth-order valence-electron chi connectivity index (χ4n) is 2.21. The van der Waals surface area contributed by atoms with Crippen LogP contribution in [0.5, 0.6) is 5.75 Å². The highest BCUT2D eigenvalue weighted by atomic mass is 19.1. The molecule has 0 aliphatic heterocycles. The average molecular weight is 273 g/mol. The van der Waals surface area contributed by atoms with Gasteiger partial charge in [-0.15, -0.1) is 0 Å². The Balaban J connectivity index is 1.99. The summed E-state index contributed by atoms with van der Waals surface area (Å²) in [5, 5.41) is 3.46. The predicted molar refractivity (Wildman–Crippen MR) is 79.3 cm³/mol. The minimum absolute atomic E-state index is 0.160. The first-order valence-corrected chi connectivity index (χ1v) is 6.84. The van der Waals surface area contributed by atoms with Crippen molar-refractivity contribution in [2.75, 3.05) is 7.11 Å². The zero-order chi connectivity index (χ0) is 14.4. The van der Waals surface area contributed by atoms with Gasteiger partial charge in [0.15, 0.2) is 0 Å². The summed E-state index contributed by atoms with van der Waals surface area (Å²) in [6.45, 7) is 2.84. The third kappa shape index (κ3) is 3.81. The molecule has 1 N–H and O–H groups in total. The zero-order valence-corrected chi connectivity index (χ0v) is 11.9. The number of benzene rings is 2. The van der Waals surface area contributed by atoms with Crippen LogP contribution in [-0.2, 0) is 6.54 Å². The van der Waals surface area contributed by atoms with Gasteiger partial charge in [0.25, 0.3) is 0 Å². The Kier molecular flexibility index (Phi) is 5.13. The molecule has 0 aromatic heterocycles. The lowest BCUT2D eigenvalue weighted by Crippen LogP contribution is -2.20. The molecule has 2 rings (SSSR count). The van der Waals surface area contributed by atoms with Crippen LogP contribution < -0.4 is 10.1 Å². The maximum Gasteiger partial charge on any atom is 0.123 e. The summed E-state index contributed by atoms with van der Waals surface area (Å²) in [4.78, 5) is 0. The van der Waals surface area contributed by atoms with E-state index in [2.05, 4.69) is 12.2 Å². The first-order valence-electron chi connectivity index (χ1n) is 6.84. The molecular weight excluding hydrogens is 253 g/mol. The Bertz CT molecular complexity index is 539. The van der Waals surface area contributed by atoms with Crippen LogP contribution in [0, 0.1) is 5.82 Å². The Hall–Kier alpha value is -1.87. The van der Waals surface area contributed by atoms with Crippen LogP contribution in [0.25, 0.3) is 0 Å². The highest BCUT2D eigenvalue weighted by Crippen LogP contribution is 2.18. The smallest absolute Gasteiger partial charge is 0.123 e. The van der Waals surface area contributed by atoms with Crippen molar-refractivity contribution >= 4 is 0 Å². The second kappa shape index (κ2) is 7.06. The molecule has 1 unspecified atom stereocenters. The lowest BCUT2D eigenvalue weighted by Gasteiger charge is -2.17. The highest BCUT2D eigenvalue weighted by molar-refractivity contribution is 5.27. The number of rotatable bonds is 6. The first kappa shape index (κ1) is 14.5. The second-order valence-electron chi connectivity index (χ2n) is 4.74. The van der Waals surface area contributed by atoms with Gasteiger partial charge in [0, 0.05) is 12.6 Å². The van der Waals surface area contributed by atoms with Crippen molar-refractivity contribution in [3.05, 3.63) is 65.5 Å². The molecule has 0 aliphatic rings. The van der Waals surface area contributed by atoms with Gasteiger partial charge in [0.1, 0.15) is 11.6 Å². The van der Waals surface area contributed by atoms with E-state index in [9.17, 15) is 4.39 Å². The van der Waals surface area contributed by atoms with Crippen LogP contribution in [0.2, 0.25) is 0 Å². The van der Waals surface area contributed by atoms with Gasteiger partial charge in [-0.2, -0.15) is 0 Å². The largest absolute Gasteiger partial charge is 0.497 e. The van der Waals surface area contributed by atoms with Crippen LogP contribution in [0.15, 0.2) is 48.5 Å². The van der Waals surface area contributed by atoms with Gasteiger partial charge in [-0.05, 0) is 41.8 Å². The highest BCUT2D eigenvalue weighted by Gasteiger charge is 2.09. The van der Waals surface area contributed by atoms with Crippen molar-refractivity contribution in [2.24, 2.45) is 0 Å². The van der Waals surface area contributed by atoms with Gasteiger partial charge in [-0.3, -0.25) is 0 Å². The van der Waals surface area contributed by atoms with Crippen molar-refractivity contribution in [1.29, 1.82) is 0 Å². The van der Waals surface area contributed by atoms with Crippen molar-refractivity contribution in [3.63, 3.8) is 0 Å². The third-order valence-electron chi connectivity index (χ3n) is 3.37. The summed E-state index contributed by atoms with van der Waals surface area (Å²) in [6, 6.07) is 14.9. The molecule has 0 spiro atoms. The summed E-state index contributed by atoms with van der Waals surface area (Å²) in [6.07, 6.45) is 0.916. The van der Waals surface area contributed by atoms with Gasteiger partial charge >= 0.3 is 0 Å². The minimum Gasteiger partial charge on any atom is -0.497 e. The molecule has 0 fully saturated rings. The molecular formula is C17H20FNO. The van der Waals surface area contributed by atoms with E-state index in [0.29, 0.717) is 0 Å². The summed E-state index contributed by atoms with van der Waals surface area (Å²) >= 11 is 0. The normalized spacial score (nSPS) is 12.2. The van der Waals surface area contributed by atoms with Crippen LogP contribution in [0.3, 0.4) is 0 Å². The minimum atomic E-state index is -0.188. The molecule has 3 heteroatoms. The van der Waals surface area contributed by atoms with E-state index >= 15 is 0 Å². The fraction of sp³-hybridized carbons (Fsp3) is 0.294. The molecule has 1 atom stereocenters. The molecule has 0 aliphatic carbocycles. The zero-order valence-electron chi connectivity index (χ0n) is 11.9. The molecule has 0 bridgehead atoms. The topological polar surface area (TPSA) is 21.3 Å². The lowest BCUT2D eigenvalue weighted by atomic mass is 10.0. The van der Waals surface area contributed by atoms with Crippen LogP contribution in [0.4, 0.5) is 4.39 Å². The molecule has 2 nitrogen and oxygen atoms in total. The second-order valence-corrected chi connectivity index (χ2v) is 4.74. The van der Waals surface area contributed by atoms with E-state index < -0.39 is 0 Å². The molecule has 0 saturated carbocycles. The van der Waals surface area contributed by atoms with E-state index in [0.717, 1.165) is 24.3 Å². The van der Waals surface area contributed by atoms with Crippen molar-refractivity contribution in [3.8, 4) is 5.75 Å². The number of hydrogen-bond donors (Lipinski definition) is 1. The number of methoxy groups -OCH3 is 1. The molecule has 0 heterocycles. The summed E-state index contributed by atoms with van der Waals surface area (Å²) in [5.41, 5.74) is 2.17. The Morgan fingerprint density at radius 2 is 1.90 bits per heavy atom. The van der Waals surface area contributed by atoms with Gasteiger partial charge in [-0.25, -0.2) is 4.39 Å². The maximum atomic E-state index is 13.3. The molecule has 20 heavy (non-hydrogen) atoms. The van der Waals surface area contributed by atoms with Crippen LogP contribution >= 0.6 is 0 Å². The molecule has 2 aromatic rings. The first-order chi connectivity index (χ1) is 9.72. The van der Waals surface area contributed by atoms with Gasteiger partial charge in [0.05, 0.1) is 7.11 Å². The third-order valence-corrected chi connectivity index (χ3v) is 3.37. The number of hydrogen-bond acceptors (Lipinski definition) is 2. The Morgan fingerprint density at radius 3 is 2.50 bits per heavy atom. The van der Waals surface area contributed by atoms with E-state index in [-0.39, 0.29) is 11.9 Å². The molecule has 2 aromatic carbocycles. The van der Waals surface area contributed by atoms with Gasteiger partial charge < -0.3 is 10.1 Å². The van der Waals surface area contributed by atoms with Gasteiger partial charge in [0.2, 0.25) is 0 Å². The van der Waals surface area contributed by atoms with E-state index in [1.54, 1.807) is 19.2 Å². The molecule has 0 radical (unpaired) electrons.